The number of likely N-dealkylation sites (N-methyl/N-ethyl adjacent to an activating group) is 1. The Morgan fingerprint density at radius 3 is 2.35 bits per heavy atom. The highest BCUT2D eigenvalue weighted by Gasteiger charge is 2.72. The third-order valence-electron chi connectivity index (χ3n) is 7.35. The third-order valence-corrected chi connectivity index (χ3v) is 7.35. The maximum atomic E-state index is 13.5. The van der Waals surface area contributed by atoms with Crippen LogP contribution in [0.15, 0.2) is 18.2 Å². The first-order valence-electron chi connectivity index (χ1n) is 9.99. The number of Topliss-reactive ketones (excluding diaryl/α,β-unsaturated/α-hetero) is 3. The monoisotopic (exact) mass is 432 g/mol. The number of phenols is 1. The van der Waals surface area contributed by atoms with Crippen LogP contribution in [-0.4, -0.2) is 74.6 Å². The minimum Gasteiger partial charge on any atom is -0.507 e. The van der Waals surface area contributed by atoms with Gasteiger partial charge in [-0.1, -0.05) is 19.1 Å². The number of hydrogen-bond acceptors (Lipinski definition) is 9. The molecule has 0 heterocycles. The maximum Gasteiger partial charge on any atom is 0.230 e. The lowest BCUT2D eigenvalue weighted by molar-refractivity contribution is -0.201. The number of carbonyl (C=O) groups is 4. The summed E-state index contributed by atoms with van der Waals surface area (Å²) in [6.45, 7) is 1.67. The summed E-state index contributed by atoms with van der Waals surface area (Å²) in [5, 5.41) is 46.2. The van der Waals surface area contributed by atoms with Gasteiger partial charge in [-0.25, -0.2) is 0 Å². The third kappa shape index (κ3) is 2.53. The normalized spacial score (nSPS) is 41.9. The summed E-state index contributed by atoms with van der Waals surface area (Å²) in [7, 11) is 1.38. The summed E-state index contributed by atoms with van der Waals surface area (Å²) < 4.78 is 0. The molecule has 31 heavy (non-hydrogen) atoms. The zero-order valence-corrected chi connectivity index (χ0v) is 16.9. The van der Waals surface area contributed by atoms with Gasteiger partial charge in [0.1, 0.15) is 11.7 Å². The Labute approximate surface area is 177 Å². The maximum absolute atomic E-state index is 13.5. The zero-order valence-electron chi connectivity index (χ0n) is 16.9. The van der Waals surface area contributed by atoms with Crippen LogP contribution in [0.25, 0.3) is 0 Å². The molecule has 166 valence electrons. The Morgan fingerprint density at radius 1 is 1.13 bits per heavy atom. The minimum atomic E-state index is -2.91. The lowest BCUT2D eigenvalue weighted by Crippen LogP contribution is -2.78. The molecule has 1 aromatic rings. The van der Waals surface area contributed by atoms with Gasteiger partial charge in [0.05, 0.1) is 23.7 Å². The fourth-order valence-electron chi connectivity index (χ4n) is 5.92. The van der Waals surface area contributed by atoms with E-state index < -0.39 is 76.7 Å². The van der Waals surface area contributed by atoms with E-state index >= 15 is 0 Å². The van der Waals surface area contributed by atoms with E-state index in [1.54, 1.807) is 13.0 Å². The number of fused-ring (bicyclic) bond motifs is 3. The molecular formula is C21H24N2O8. The molecule has 9 atom stereocenters. The number of benzene rings is 1. The second-order valence-corrected chi connectivity index (χ2v) is 8.65. The van der Waals surface area contributed by atoms with Crippen LogP contribution in [0.4, 0.5) is 0 Å². The number of aliphatic hydroxyl groups is 3. The number of nitrogens with one attached hydrogen (secondary N) is 1. The van der Waals surface area contributed by atoms with E-state index in [4.69, 9.17) is 5.73 Å². The summed E-state index contributed by atoms with van der Waals surface area (Å²) >= 11 is 0. The molecule has 2 saturated carbocycles. The van der Waals surface area contributed by atoms with Crippen LogP contribution in [0.1, 0.15) is 28.8 Å². The topological polar surface area (TPSA) is 187 Å². The van der Waals surface area contributed by atoms with Crippen LogP contribution in [0, 0.1) is 23.7 Å². The Bertz CT molecular complexity index is 1010. The average Bonchev–Trinajstić information content (AvgIpc) is 2.70. The Balaban J connectivity index is 1.93. The van der Waals surface area contributed by atoms with E-state index in [0.29, 0.717) is 5.56 Å². The number of carbonyl (C=O) groups excluding carboxylic acids is 4. The van der Waals surface area contributed by atoms with Crippen LogP contribution >= 0.6 is 0 Å². The van der Waals surface area contributed by atoms with Gasteiger partial charge in [0.2, 0.25) is 5.91 Å². The molecule has 2 fully saturated rings. The van der Waals surface area contributed by atoms with E-state index in [-0.39, 0.29) is 11.3 Å². The zero-order chi connectivity index (χ0) is 23.0. The van der Waals surface area contributed by atoms with Gasteiger partial charge < -0.3 is 31.5 Å². The van der Waals surface area contributed by atoms with Gasteiger partial charge in [-0.2, -0.15) is 0 Å². The molecule has 3 aliphatic carbocycles. The van der Waals surface area contributed by atoms with Crippen molar-refractivity contribution in [3.05, 3.63) is 29.3 Å². The quantitative estimate of drug-likeness (QED) is 0.283. The number of ketones is 3. The van der Waals surface area contributed by atoms with Crippen LogP contribution in [0.2, 0.25) is 0 Å². The second kappa shape index (κ2) is 6.92. The number of aromatic hydroxyl groups is 1. The molecule has 0 bridgehead atoms. The first-order chi connectivity index (χ1) is 14.5. The van der Waals surface area contributed by atoms with E-state index in [1.165, 1.54) is 19.2 Å². The molecule has 3 aliphatic rings. The van der Waals surface area contributed by atoms with Crippen molar-refractivity contribution in [1.82, 2.24) is 5.32 Å². The molecule has 1 amide bonds. The fourth-order valence-corrected chi connectivity index (χ4v) is 5.92. The SMILES string of the molecule is CNC1C(O)C(C(N)=O)C(=O)C2(O)C(=O)C3C(=O)c4c(O)cccc4C(C)C3C(O)C12. The lowest BCUT2D eigenvalue weighted by atomic mass is 9.49. The largest absolute Gasteiger partial charge is 0.507 e. The van der Waals surface area contributed by atoms with Gasteiger partial charge >= 0.3 is 0 Å². The number of amides is 1. The van der Waals surface area contributed by atoms with E-state index in [2.05, 4.69) is 5.32 Å². The van der Waals surface area contributed by atoms with Gasteiger partial charge in [0, 0.05) is 17.9 Å². The van der Waals surface area contributed by atoms with Crippen molar-refractivity contribution in [3.63, 3.8) is 0 Å². The highest BCUT2D eigenvalue weighted by Crippen LogP contribution is 2.54. The van der Waals surface area contributed by atoms with Crippen molar-refractivity contribution in [2.45, 2.75) is 36.7 Å². The van der Waals surface area contributed by atoms with Crippen molar-refractivity contribution in [2.24, 2.45) is 29.4 Å². The Morgan fingerprint density at radius 2 is 1.77 bits per heavy atom. The summed E-state index contributed by atoms with van der Waals surface area (Å²) in [5.74, 6) is -11.5. The number of aliphatic hydroxyl groups excluding tert-OH is 2. The van der Waals surface area contributed by atoms with Crippen LogP contribution in [0.3, 0.4) is 0 Å². The van der Waals surface area contributed by atoms with Gasteiger partial charge in [0.25, 0.3) is 0 Å². The second-order valence-electron chi connectivity index (χ2n) is 8.65. The first kappa shape index (κ1) is 21.6. The van der Waals surface area contributed by atoms with Crippen LogP contribution in [-0.2, 0) is 14.4 Å². The standard InChI is InChI=1S/C21H24N2O8/c1-6-7-4-3-5-8(24)10(7)15(25)11-9(6)16(26)13-14(23-2)17(27)12(20(22)30)19(29)21(13,31)18(11)28/h3-6,9,11-14,16-17,23-24,26-27,31H,1-2H3,(H2,22,30). The minimum absolute atomic E-state index is 0.0984. The molecule has 0 radical (unpaired) electrons. The first-order valence-corrected chi connectivity index (χ1v) is 9.99. The highest BCUT2D eigenvalue weighted by atomic mass is 16.3. The van der Waals surface area contributed by atoms with Gasteiger partial charge in [0.15, 0.2) is 23.0 Å². The smallest absolute Gasteiger partial charge is 0.230 e. The van der Waals surface area contributed by atoms with E-state index in [9.17, 15) is 39.6 Å². The molecule has 1 aromatic carbocycles. The molecule has 0 spiro atoms. The molecule has 10 heteroatoms. The number of nitrogens with two attached hydrogens (primary N) is 1. The van der Waals surface area contributed by atoms with Crippen LogP contribution < -0.4 is 11.1 Å². The summed E-state index contributed by atoms with van der Waals surface area (Å²) in [6.07, 6.45) is -3.25. The molecule has 0 aliphatic heterocycles. The molecule has 0 aromatic heterocycles. The highest BCUT2D eigenvalue weighted by molar-refractivity contribution is 6.25. The predicted octanol–water partition coefficient (Wildman–Crippen LogP) is -2.15. The summed E-state index contributed by atoms with van der Waals surface area (Å²) in [6, 6.07) is 3.19. The van der Waals surface area contributed by atoms with E-state index in [1.807, 2.05) is 0 Å². The summed E-state index contributed by atoms with van der Waals surface area (Å²) in [5.41, 5.74) is 2.68. The van der Waals surface area contributed by atoms with Crippen molar-refractivity contribution in [2.75, 3.05) is 7.05 Å². The summed E-state index contributed by atoms with van der Waals surface area (Å²) in [4.78, 5) is 51.8. The van der Waals surface area contributed by atoms with Crippen molar-refractivity contribution in [3.8, 4) is 5.75 Å². The van der Waals surface area contributed by atoms with Gasteiger partial charge in [-0.05, 0) is 24.6 Å². The van der Waals surface area contributed by atoms with Crippen molar-refractivity contribution >= 4 is 23.3 Å². The predicted molar refractivity (Wildman–Crippen MR) is 104 cm³/mol. The molecular weight excluding hydrogens is 408 g/mol. The fraction of sp³-hybridized carbons (Fsp3) is 0.524. The molecule has 7 N–H and O–H groups in total. The van der Waals surface area contributed by atoms with Crippen LogP contribution in [0.5, 0.6) is 5.75 Å². The molecule has 0 saturated heterocycles. The van der Waals surface area contributed by atoms with Crippen molar-refractivity contribution < 1.29 is 39.6 Å². The average molecular weight is 432 g/mol. The molecule has 9 unspecified atom stereocenters. The Hall–Kier alpha value is -2.66. The Kier molecular flexibility index (Phi) is 4.82. The van der Waals surface area contributed by atoms with Gasteiger partial charge in [-0.15, -0.1) is 0 Å². The molecule has 4 rings (SSSR count). The number of hydrogen-bond donors (Lipinski definition) is 6. The number of rotatable bonds is 2. The van der Waals surface area contributed by atoms with Gasteiger partial charge in [-0.3, -0.25) is 19.2 Å². The van der Waals surface area contributed by atoms with E-state index in [0.717, 1.165) is 0 Å². The van der Waals surface area contributed by atoms with Crippen molar-refractivity contribution in [1.29, 1.82) is 0 Å². The lowest BCUT2D eigenvalue weighted by Gasteiger charge is -2.56. The number of phenolic OH excluding ortho intramolecular Hbond substituents is 1. The molecule has 10 nitrogen and oxygen atoms in total. The number of primary amides is 1.